The van der Waals surface area contributed by atoms with Crippen molar-refractivity contribution in [3.05, 3.63) is 35.6 Å². The molecule has 0 radical (unpaired) electrons. The second-order valence-corrected chi connectivity index (χ2v) is 7.25. The van der Waals surface area contributed by atoms with Crippen LogP contribution in [-0.4, -0.2) is 12.0 Å². The van der Waals surface area contributed by atoms with Crippen LogP contribution in [0.5, 0.6) is 0 Å². The number of hydrogen-bond acceptors (Lipinski definition) is 1. The van der Waals surface area contributed by atoms with Crippen molar-refractivity contribution in [1.29, 1.82) is 0 Å². The van der Waals surface area contributed by atoms with Crippen molar-refractivity contribution in [2.75, 3.05) is 12.0 Å². The number of unbranched alkanes of at least 4 members (excludes halogenated alkanes) is 10. The van der Waals surface area contributed by atoms with E-state index in [-0.39, 0.29) is 5.82 Å². The standard InChI is InChI=1S/C20H33FS/c1-22-17-12-10-8-6-4-2-3-5-7-9-11-14-19-15-13-16-20(21)18-19/h13,15-16,18H,2-12,14,17H2,1H3. The highest BCUT2D eigenvalue weighted by Gasteiger charge is 1.96. The molecule has 22 heavy (non-hydrogen) atoms. The average molecular weight is 325 g/mol. The Morgan fingerprint density at radius 3 is 1.86 bits per heavy atom. The van der Waals surface area contributed by atoms with Crippen molar-refractivity contribution >= 4 is 11.8 Å². The smallest absolute Gasteiger partial charge is 0.123 e. The van der Waals surface area contributed by atoms with Gasteiger partial charge in [-0.25, -0.2) is 4.39 Å². The van der Waals surface area contributed by atoms with E-state index < -0.39 is 0 Å². The van der Waals surface area contributed by atoms with Gasteiger partial charge in [0.15, 0.2) is 0 Å². The van der Waals surface area contributed by atoms with E-state index in [9.17, 15) is 4.39 Å². The fraction of sp³-hybridized carbons (Fsp3) is 0.700. The average Bonchev–Trinajstić information content (AvgIpc) is 2.52. The van der Waals surface area contributed by atoms with Crippen LogP contribution < -0.4 is 0 Å². The minimum atomic E-state index is -0.106. The van der Waals surface area contributed by atoms with Gasteiger partial charge in [-0.2, -0.15) is 11.8 Å². The van der Waals surface area contributed by atoms with Gasteiger partial charge in [0.1, 0.15) is 5.82 Å². The molecule has 0 amide bonds. The molecule has 0 aliphatic rings. The first-order chi connectivity index (χ1) is 10.8. The van der Waals surface area contributed by atoms with Crippen LogP contribution in [0.1, 0.15) is 76.2 Å². The lowest BCUT2D eigenvalue weighted by atomic mass is 10.0. The van der Waals surface area contributed by atoms with Crippen LogP contribution in [0.15, 0.2) is 24.3 Å². The quantitative estimate of drug-likeness (QED) is 0.331. The van der Waals surface area contributed by atoms with Crippen LogP contribution in [0.3, 0.4) is 0 Å². The zero-order valence-corrected chi connectivity index (χ0v) is 15.1. The van der Waals surface area contributed by atoms with E-state index in [1.54, 1.807) is 6.07 Å². The molecule has 0 unspecified atom stereocenters. The van der Waals surface area contributed by atoms with E-state index in [0.717, 1.165) is 12.0 Å². The molecule has 2 heteroatoms. The van der Waals surface area contributed by atoms with Crippen molar-refractivity contribution in [2.24, 2.45) is 0 Å². The van der Waals surface area contributed by atoms with Gasteiger partial charge in [0.25, 0.3) is 0 Å². The van der Waals surface area contributed by atoms with Crippen LogP contribution >= 0.6 is 11.8 Å². The molecule has 0 nitrogen and oxygen atoms in total. The molecule has 0 atom stereocenters. The summed E-state index contributed by atoms with van der Waals surface area (Å²) in [4.78, 5) is 0. The third-order valence-electron chi connectivity index (χ3n) is 4.20. The lowest BCUT2D eigenvalue weighted by Crippen LogP contribution is -1.87. The largest absolute Gasteiger partial charge is 0.207 e. The van der Waals surface area contributed by atoms with E-state index in [0.29, 0.717) is 0 Å². The van der Waals surface area contributed by atoms with Gasteiger partial charge in [-0.15, -0.1) is 0 Å². The maximum Gasteiger partial charge on any atom is 0.123 e. The van der Waals surface area contributed by atoms with Crippen molar-refractivity contribution in [3.63, 3.8) is 0 Å². The van der Waals surface area contributed by atoms with Gasteiger partial charge in [-0.1, -0.05) is 69.9 Å². The Bertz CT molecular complexity index is 364. The van der Waals surface area contributed by atoms with Crippen molar-refractivity contribution in [1.82, 2.24) is 0 Å². The van der Waals surface area contributed by atoms with Crippen LogP contribution in [0.2, 0.25) is 0 Å². The minimum absolute atomic E-state index is 0.106. The molecule has 1 rings (SSSR count). The Kier molecular flexibility index (Phi) is 12.5. The molecule has 0 spiro atoms. The summed E-state index contributed by atoms with van der Waals surface area (Å²) in [7, 11) is 0. The third kappa shape index (κ3) is 11.1. The van der Waals surface area contributed by atoms with Crippen LogP contribution in [0.25, 0.3) is 0 Å². The van der Waals surface area contributed by atoms with Gasteiger partial charge in [0, 0.05) is 0 Å². The number of rotatable bonds is 14. The first-order valence-corrected chi connectivity index (χ1v) is 10.5. The second-order valence-electron chi connectivity index (χ2n) is 6.26. The predicted molar refractivity (Wildman–Crippen MR) is 99.3 cm³/mol. The Morgan fingerprint density at radius 2 is 1.32 bits per heavy atom. The first kappa shape index (κ1) is 19.5. The molecule has 0 aromatic heterocycles. The molecule has 1 aromatic rings. The lowest BCUT2D eigenvalue weighted by molar-refractivity contribution is 0.549. The molecule has 1 aromatic carbocycles. The number of thioether (sulfide) groups is 1. The second kappa shape index (κ2) is 14.1. The van der Waals surface area contributed by atoms with Crippen LogP contribution in [0, 0.1) is 5.82 Å². The summed E-state index contributed by atoms with van der Waals surface area (Å²) in [5, 5.41) is 0. The minimum Gasteiger partial charge on any atom is -0.207 e. The maximum atomic E-state index is 13.0. The van der Waals surface area contributed by atoms with Crippen molar-refractivity contribution in [3.8, 4) is 0 Å². The van der Waals surface area contributed by atoms with Gasteiger partial charge >= 0.3 is 0 Å². The molecule has 0 saturated carbocycles. The van der Waals surface area contributed by atoms with Crippen molar-refractivity contribution in [2.45, 2.75) is 77.0 Å². The highest BCUT2D eigenvalue weighted by Crippen LogP contribution is 2.13. The van der Waals surface area contributed by atoms with E-state index >= 15 is 0 Å². The summed E-state index contributed by atoms with van der Waals surface area (Å²) in [6.07, 6.45) is 18.3. The molecular formula is C20H33FS. The molecule has 0 heterocycles. The molecule has 0 N–H and O–H groups in total. The summed E-state index contributed by atoms with van der Waals surface area (Å²) in [5.74, 6) is 1.22. The summed E-state index contributed by atoms with van der Waals surface area (Å²) in [6.45, 7) is 0. The summed E-state index contributed by atoms with van der Waals surface area (Å²) in [5.41, 5.74) is 1.14. The Morgan fingerprint density at radius 1 is 0.773 bits per heavy atom. The van der Waals surface area contributed by atoms with Crippen molar-refractivity contribution < 1.29 is 4.39 Å². The van der Waals surface area contributed by atoms with Crippen LogP contribution in [0.4, 0.5) is 4.39 Å². The Labute approximate surface area is 141 Å². The number of halogens is 1. The zero-order chi connectivity index (χ0) is 15.9. The molecule has 126 valence electrons. The van der Waals surface area contributed by atoms with Gasteiger partial charge in [-0.3, -0.25) is 0 Å². The van der Waals surface area contributed by atoms with Gasteiger partial charge in [0.2, 0.25) is 0 Å². The normalized spacial score (nSPS) is 11.0. The van der Waals surface area contributed by atoms with E-state index in [1.807, 2.05) is 23.9 Å². The molecule has 0 saturated heterocycles. The highest BCUT2D eigenvalue weighted by atomic mass is 32.2. The van der Waals surface area contributed by atoms with Gasteiger partial charge in [0.05, 0.1) is 0 Å². The number of hydrogen-bond donors (Lipinski definition) is 0. The van der Waals surface area contributed by atoms with Crippen LogP contribution in [-0.2, 0) is 6.42 Å². The fourth-order valence-corrected chi connectivity index (χ4v) is 3.35. The number of benzene rings is 1. The SMILES string of the molecule is CSCCCCCCCCCCCCCc1cccc(F)c1. The Balaban J connectivity index is 1.80. The third-order valence-corrected chi connectivity index (χ3v) is 4.90. The topological polar surface area (TPSA) is 0 Å². The predicted octanol–water partition coefficient (Wildman–Crippen LogP) is 7.02. The Hall–Kier alpha value is -0.500. The monoisotopic (exact) mass is 324 g/mol. The van der Waals surface area contributed by atoms with Gasteiger partial charge in [-0.05, 0) is 49.0 Å². The molecule has 0 fully saturated rings. The van der Waals surface area contributed by atoms with E-state index in [2.05, 4.69) is 6.26 Å². The van der Waals surface area contributed by atoms with E-state index in [1.165, 1.54) is 82.4 Å². The van der Waals surface area contributed by atoms with E-state index in [4.69, 9.17) is 0 Å². The number of aryl methyl sites for hydroxylation is 1. The summed E-state index contributed by atoms with van der Waals surface area (Å²) in [6, 6.07) is 7.03. The zero-order valence-electron chi connectivity index (χ0n) is 14.3. The summed E-state index contributed by atoms with van der Waals surface area (Å²) < 4.78 is 13.0. The molecule has 0 aliphatic carbocycles. The molecule has 0 aliphatic heterocycles. The fourth-order valence-electron chi connectivity index (χ4n) is 2.86. The molecule has 0 bridgehead atoms. The van der Waals surface area contributed by atoms with Gasteiger partial charge < -0.3 is 0 Å². The lowest BCUT2D eigenvalue weighted by Gasteiger charge is -2.03. The summed E-state index contributed by atoms with van der Waals surface area (Å²) >= 11 is 1.96. The first-order valence-electron chi connectivity index (χ1n) is 9.06. The maximum absolute atomic E-state index is 13.0. The molecular weight excluding hydrogens is 291 g/mol. The highest BCUT2D eigenvalue weighted by molar-refractivity contribution is 7.98.